The molecule has 0 saturated carbocycles. The van der Waals surface area contributed by atoms with Gasteiger partial charge in [-0.15, -0.1) is 0 Å². The highest BCUT2D eigenvalue weighted by molar-refractivity contribution is 5.90. The van der Waals surface area contributed by atoms with Crippen LogP contribution in [0.1, 0.15) is 21.7 Å². The number of rotatable bonds is 5. The third-order valence-electron chi connectivity index (χ3n) is 6.24. The van der Waals surface area contributed by atoms with Crippen LogP contribution in [-0.4, -0.2) is 29.0 Å². The second-order valence-corrected chi connectivity index (χ2v) is 8.69. The van der Waals surface area contributed by atoms with Gasteiger partial charge in [-0.05, 0) is 61.0 Å². The van der Waals surface area contributed by atoms with Crippen LogP contribution in [-0.2, 0) is 4.74 Å². The molecule has 0 aliphatic carbocycles. The molecular weight excluding hydrogens is 482 g/mol. The number of methoxy groups -OCH3 is 1. The summed E-state index contributed by atoms with van der Waals surface area (Å²) >= 11 is 0. The van der Waals surface area contributed by atoms with E-state index in [4.69, 9.17) is 18.6 Å². The van der Waals surface area contributed by atoms with E-state index in [0.717, 1.165) is 16.5 Å². The topological polar surface area (TPSA) is 99.8 Å². The van der Waals surface area contributed by atoms with E-state index in [1.165, 1.54) is 18.0 Å². The summed E-state index contributed by atoms with van der Waals surface area (Å²) in [6.07, 6.45) is 1.46. The Morgan fingerprint density at radius 1 is 0.947 bits per heavy atom. The first-order valence-electron chi connectivity index (χ1n) is 11.9. The summed E-state index contributed by atoms with van der Waals surface area (Å²) in [5.74, 6) is 1.34. The Labute approximate surface area is 216 Å². The van der Waals surface area contributed by atoms with Crippen LogP contribution >= 0.6 is 0 Å². The molecule has 3 heterocycles. The van der Waals surface area contributed by atoms with Crippen molar-refractivity contribution in [3.05, 3.63) is 112 Å². The SMILES string of the molecule is COC(=O)c1ccc(-c2ccc(C=Nn3c(-c4cc5ccccc5o4)nc4ccccc4c3=O)o2)c(C)c1. The Bertz CT molecular complexity index is 1890. The van der Waals surface area contributed by atoms with Crippen LogP contribution in [0, 0.1) is 6.92 Å². The zero-order chi connectivity index (χ0) is 26.2. The van der Waals surface area contributed by atoms with E-state index >= 15 is 0 Å². The molecule has 0 radical (unpaired) electrons. The van der Waals surface area contributed by atoms with Crippen molar-refractivity contribution in [2.45, 2.75) is 6.92 Å². The van der Waals surface area contributed by atoms with Gasteiger partial charge in [0.1, 0.15) is 17.1 Å². The molecule has 0 N–H and O–H groups in total. The summed E-state index contributed by atoms with van der Waals surface area (Å²) < 4.78 is 18.0. The van der Waals surface area contributed by atoms with E-state index in [-0.39, 0.29) is 11.4 Å². The number of nitrogens with zero attached hydrogens (tertiary/aromatic N) is 3. The number of aryl methyl sites for hydroxylation is 1. The number of hydrogen-bond donors (Lipinski definition) is 0. The molecule has 3 aromatic heterocycles. The average molecular weight is 504 g/mol. The summed E-state index contributed by atoms with van der Waals surface area (Å²) in [6, 6.07) is 25.3. The minimum Gasteiger partial charge on any atom is -0.465 e. The number of fused-ring (bicyclic) bond motifs is 2. The number of benzene rings is 3. The van der Waals surface area contributed by atoms with Gasteiger partial charge in [-0.2, -0.15) is 9.78 Å². The van der Waals surface area contributed by atoms with Crippen molar-refractivity contribution in [1.82, 2.24) is 9.66 Å². The summed E-state index contributed by atoms with van der Waals surface area (Å²) in [5, 5.41) is 5.78. The highest BCUT2D eigenvalue weighted by atomic mass is 16.5. The van der Waals surface area contributed by atoms with E-state index in [2.05, 4.69) is 5.10 Å². The Kier molecular flexibility index (Phi) is 5.69. The molecule has 0 atom stereocenters. The van der Waals surface area contributed by atoms with Crippen LogP contribution in [0.5, 0.6) is 0 Å². The number of carbonyl (C=O) groups excluding carboxylic acids is 1. The number of para-hydroxylation sites is 2. The molecule has 186 valence electrons. The largest absolute Gasteiger partial charge is 0.465 e. The van der Waals surface area contributed by atoms with Crippen molar-refractivity contribution in [2.24, 2.45) is 5.10 Å². The molecule has 0 amide bonds. The van der Waals surface area contributed by atoms with Gasteiger partial charge >= 0.3 is 5.97 Å². The lowest BCUT2D eigenvalue weighted by Gasteiger charge is -2.07. The second kappa shape index (κ2) is 9.33. The fourth-order valence-electron chi connectivity index (χ4n) is 4.35. The quantitative estimate of drug-likeness (QED) is 0.210. The van der Waals surface area contributed by atoms with Crippen molar-refractivity contribution in [2.75, 3.05) is 7.11 Å². The van der Waals surface area contributed by atoms with Gasteiger partial charge < -0.3 is 13.6 Å². The molecule has 8 heteroatoms. The van der Waals surface area contributed by atoms with Gasteiger partial charge in [0.05, 0.1) is 29.8 Å². The minimum atomic E-state index is -0.401. The first kappa shape index (κ1) is 23.2. The number of hydrogen-bond acceptors (Lipinski definition) is 7. The zero-order valence-corrected chi connectivity index (χ0v) is 20.5. The van der Waals surface area contributed by atoms with Gasteiger partial charge in [-0.25, -0.2) is 9.78 Å². The highest BCUT2D eigenvalue weighted by Crippen LogP contribution is 2.28. The lowest BCUT2D eigenvalue weighted by molar-refractivity contribution is 0.0600. The molecule has 3 aromatic carbocycles. The molecule has 0 bridgehead atoms. The molecule has 6 rings (SSSR count). The van der Waals surface area contributed by atoms with Crippen LogP contribution in [0.2, 0.25) is 0 Å². The standard InChI is InChI=1S/C30H21N3O5/c1-18-15-20(30(35)36-2)11-13-22(18)26-14-12-21(37-26)17-31-33-28(27-16-19-7-3-6-10-25(19)38-27)32-24-9-5-4-8-23(24)29(33)34/h3-17H,1-2H3. The minimum absolute atomic E-state index is 0.280. The van der Waals surface area contributed by atoms with Crippen LogP contribution in [0.25, 0.3) is 44.8 Å². The number of aromatic nitrogens is 2. The van der Waals surface area contributed by atoms with E-state index in [1.54, 1.807) is 42.5 Å². The molecule has 0 aliphatic heterocycles. The molecule has 8 nitrogen and oxygen atoms in total. The fourth-order valence-corrected chi connectivity index (χ4v) is 4.35. The van der Waals surface area contributed by atoms with Gasteiger partial charge in [0, 0.05) is 10.9 Å². The maximum Gasteiger partial charge on any atom is 0.337 e. The predicted octanol–water partition coefficient (Wildman–Crippen LogP) is 6.05. The Balaban J connectivity index is 1.41. The lowest BCUT2D eigenvalue weighted by atomic mass is 10.0. The van der Waals surface area contributed by atoms with Gasteiger partial charge in [-0.1, -0.05) is 36.4 Å². The Morgan fingerprint density at radius 3 is 2.58 bits per heavy atom. The third-order valence-corrected chi connectivity index (χ3v) is 6.24. The van der Waals surface area contributed by atoms with Gasteiger partial charge in [0.25, 0.3) is 5.56 Å². The summed E-state index contributed by atoms with van der Waals surface area (Å²) in [6.45, 7) is 1.89. The normalized spacial score (nSPS) is 11.5. The van der Waals surface area contributed by atoms with E-state index in [1.807, 2.05) is 49.4 Å². The summed E-state index contributed by atoms with van der Waals surface area (Å²) in [5.41, 5.74) is 3.04. The molecule has 0 fully saturated rings. The second-order valence-electron chi connectivity index (χ2n) is 8.69. The van der Waals surface area contributed by atoms with Crippen molar-refractivity contribution in [3.63, 3.8) is 0 Å². The molecular formula is C30H21N3O5. The van der Waals surface area contributed by atoms with E-state index in [0.29, 0.717) is 39.3 Å². The molecule has 0 spiro atoms. The van der Waals surface area contributed by atoms with E-state index < -0.39 is 5.97 Å². The first-order chi connectivity index (χ1) is 18.5. The van der Waals surface area contributed by atoms with Gasteiger partial charge in [-0.3, -0.25) is 4.79 Å². The van der Waals surface area contributed by atoms with Crippen LogP contribution in [0.4, 0.5) is 0 Å². The van der Waals surface area contributed by atoms with Crippen molar-refractivity contribution in [3.8, 4) is 22.9 Å². The molecule has 38 heavy (non-hydrogen) atoms. The Morgan fingerprint density at radius 2 is 1.76 bits per heavy atom. The number of esters is 1. The van der Waals surface area contributed by atoms with Crippen molar-refractivity contribution < 1.29 is 18.4 Å². The molecule has 0 aliphatic rings. The average Bonchev–Trinajstić information content (AvgIpc) is 3.59. The molecule has 0 saturated heterocycles. The highest BCUT2D eigenvalue weighted by Gasteiger charge is 2.17. The van der Waals surface area contributed by atoms with Crippen LogP contribution < -0.4 is 5.56 Å². The molecule has 6 aromatic rings. The maximum absolute atomic E-state index is 13.4. The number of furan rings is 2. The fraction of sp³-hybridized carbons (Fsp3) is 0.0667. The third kappa shape index (κ3) is 4.08. The first-order valence-corrected chi connectivity index (χ1v) is 11.9. The van der Waals surface area contributed by atoms with Gasteiger partial charge in [0.2, 0.25) is 5.82 Å². The number of ether oxygens (including phenoxy) is 1. The predicted molar refractivity (Wildman–Crippen MR) is 144 cm³/mol. The Hall–Kier alpha value is -5.24. The van der Waals surface area contributed by atoms with Crippen molar-refractivity contribution >= 4 is 34.1 Å². The summed E-state index contributed by atoms with van der Waals surface area (Å²) in [7, 11) is 1.35. The van der Waals surface area contributed by atoms with Gasteiger partial charge in [0.15, 0.2) is 5.76 Å². The van der Waals surface area contributed by atoms with Crippen molar-refractivity contribution in [1.29, 1.82) is 0 Å². The molecule has 0 unspecified atom stereocenters. The van der Waals surface area contributed by atoms with Crippen LogP contribution in [0.15, 0.2) is 104 Å². The maximum atomic E-state index is 13.4. The van der Waals surface area contributed by atoms with E-state index in [9.17, 15) is 9.59 Å². The smallest absolute Gasteiger partial charge is 0.337 e. The number of carbonyl (C=O) groups is 1. The zero-order valence-electron chi connectivity index (χ0n) is 20.5. The summed E-state index contributed by atoms with van der Waals surface area (Å²) in [4.78, 5) is 30.0. The monoisotopic (exact) mass is 503 g/mol. The lowest BCUT2D eigenvalue weighted by Crippen LogP contribution is -2.20. The van der Waals surface area contributed by atoms with Crippen LogP contribution in [0.3, 0.4) is 0 Å².